The van der Waals surface area contributed by atoms with Gasteiger partial charge in [-0.3, -0.25) is 0 Å². The van der Waals surface area contributed by atoms with Crippen molar-refractivity contribution >= 4 is 0 Å². The summed E-state index contributed by atoms with van der Waals surface area (Å²) in [5.41, 5.74) is 7.07. The van der Waals surface area contributed by atoms with Gasteiger partial charge in [0.05, 0.1) is 12.9 Å². The van der Waals surface area contributed by atoms with Gasteiger partial charge < -0.3 is 10.5 Å². The lowest BCUT2D eigenvalue weighted by atomic mass is 10.0. The third-order valence-electron chi connectivity index (χ3n) is 1.93. The fourth-order valence-corrected chi connectivity index (χ4v) is 1.22. The van der Waals surface area contributed by atoms with E-state index in [4.69, 9.17) is 10.5 Å². The topological polar surface area (TPSA) is 35.2 Å². The number of hydrogen-bond donors (Lipinski definition) is 1. The Morgan fingerprint density at radius 1 is 1.73 bits per heavy atom. The van der Waals surface area contributed by atoms with Gasteiger partial charge >= 0.3 is 0 Å². The fraction of sp³-hybridized carbons (Fsp3) is 0.778. The van der Waals surface area contributed by atoms with Crippen LogP contribution in [-0.4, -0.2) is 12.6 Å². The van der Waals surface area contributed by atoms with Gasteiger partial charge in [-0.15, -0.1) is 0 Å². The highest BCUT2D eigenvalue weighted by atomic mass is 16.5. The van der Waals surface area contributed by atoms with Gasteiger partial charge in [-0.2, -0.15) is 0 Å². The summed E-state index contributed by atoms with van der Waals surface area (Å²) in [4.78, 5) is 0. The van der Waals surface area contributed by atoms with Gasteiger partial charge in [-0.25, -0.2) is 0 Å². The Hall–Kier alpha value is -0.500. The minimum absolute atomic E-state index is 0.317. The van der Waals surface area contributed by atoms with E-state index in [1.54, 1.807) is 0 Å². The Morgan fingerprint density at radius 2 is 2.55 bits per heavy atom. The van der Waals surface area contributed by atoms with E-state index in [0.717, 1.165) is 19.4 Å². The molecule has 1 atom stereocenters. The molecule has 1 aliphatic rings. The first-order valence-corrected chi connectivity index (χ1v) is 4.34. The van der Waals surface area contributed by atoms with Crippen LogP contribution in [0.1, 0.15) is 32.6 Å². The van der Waals surface area contributed by atoms with Crippen LogP contribution in [0.4, 0.5) is 0 Å². The molecule has 0 aromatic heterocycles. The highest BCUT2D eigenvalue weighted by Gasteiger charge is 2.04. The van der Waals surface area contributed by atoms with Crippen LogP contribution in [0.25, 0.3) is 0 Å². The lowest BCUT2D eigenvalue weighted by Gasteiger charge is -2.14. The second-order valence-electron chi connectivity index (χ2n) is 3.27. The lowest BCUT2D eigenvalue weighted by molar-refractivity contribution is 0.222. The minimum atomic E-state index is 0.317. The third-order valence-corrected chi connectivity index (χ3v) is 1.93. The summed E-state index contributed by atoms with van der Waals surface area (Å²) in [5.74, 6) is 0. The first kappa shape index (κ1) is 8.60. The van der Waals surface area contributed by atoms with Gasteiger partial charge in [0.2, 0.25) is 0 Å². The van der Waals surface area contributed by atoms with E-state index < -0.39 is 0 Å². The Kier molecular flexibility index (Phi) is 3.43. The molecule has 0 aromatic carbocycles. The number of hydrogen-bond acceptors (Lipinski definition) is 2. The summed E-state index contributed by atoms with van der Waals surface area (Å²) in [6, 6.07) is 0.317. The largest absolute Gasteiger partial charge is 0.501 e. The maximum atomic E-state index is 5.64. The molecular formula is C9H17NO. The molecule has 1 unspecified atom stereocenters. The second kappa shape index (κ2) is 4.39. The maximum absolute atomic E-state index is 5.64. The van der Waals surface area contributed by atoms with Crippen molar-refractivity contribution in [3.63, 3.8) is 0 Å². The zero-order valence-electron chi connectivity index (χ0n) is 7.18. The van der Waals surface area contributed by atoms with Crippen LogP contribution in [0.2, 0.25) is 0 Å². The summed E-state index contributed by atoms with van der Waals surface area (Å²) in [6.07, 6.45) is 6.47. The van der Waals surface area contributed by atoms with E-state index in [0.29, 0.717) is 6.04 Å². The molecule has 0 fully saturated rings. The molecule has 0 saturated carbocycles. The van der Waals surface area contributed by atoms with E-state index in [1.807, 2.05) is 13.2 Å². The Morgan fingerprint density at radius 3 is 3.09 bits per heavy atom. The zero-order chi connectivity index (χ0) is 8.10. The van der Waals surface area contributed by atoms with Gasteiger partial charge in [-0.05, 0) is 38.2 Å². The molecule has 1 aliphatic heterocycles. The molecule has 0 aliphatic carbocycles. The van der Waals surface area contributed by atoms with Crippen LogP contribution in [0, 0.1) is 0 Å². The first-order valence-electron chi connectivity index (χ1n) is 4.34. The molecule has 0 amide bonds. The van der Waals surface area contributed by atoms with Crippen molar-refractivity contribution < 1.29 is 4.74 Å². The van der Waals surface area contributed by atoms with Gasteiger partial charge in [0.25, 0.3) is 0 Å². The Balaban J connectivity index is 2.19. The zero-order valence-corrected chi connectivity index (χ0v) is 7.18. The molecule has 64 valence electrons. The van der Waals surface area contributed by atoms with E-state index >= 15 is 0 Å². The Labute approximate surface area is 68.4 Å². The summed E-state index contributed by atoms with van der Waals surface area (Å²) < 4.78 is 5.21. The Bertz CT molecular complexity index is 140. The number of rotatable bonds is 3. The van der Waals surface area contributed by atoms with Crippen LogP contribution in [0.3, 0.4) is 0 Å². The van der Waals surface area contributed by atoms with Crippen LogP contribution in [0.5, 0.6) is 0 Å². The summed E-state index contributed by atoms with van der Waals surface area (Å²) in [6.45, 7) is 2.94. The monoisotopic (exact) mass is 155 g/mol. The van der Waals surface area contributed by atoms with Crippen molar-refractivity contribution in [2.24, 2.45) is 5.73 Å². The second-order valence-corrected chi connectivity index (χ2v) is 3.27. The summed E-state index contributed by atoms with van der Waals surface area (Å²) in [7, 11) is 0. The number of allylic oxidation sites excluding steroid dienone is 1. The van der Waals surface area contributed by atoms with Crippen molar-refractivity contribution in [3.8, 4) is 0 Å². The molecule has 11 heavy (non-hydrogen) atoms. The molecule has 2 N–H and O–H groups in total. The smallest absolute Gasteiger partial charge is 0.0876 e. The molecule has 0 bridgehead atoms. The van der Waals surface area contributed by atoms with E-state index in [2.05, 4.69) is 0 Å². The summed E-state index contributed by atoms with van der Waals surface area (Å²) in [5, 5.41) is 0. The molecule has 1 rings (SSSR count). The van der Waals surface area contributed by atoms with Crippen LogP contribution in [0.15, 0.2) is 11.8 Å². The fourth-order valence-electron chi connectivity index (χ4n) is 1.22. The molecular weight excluding hydrogens is 138 g/mol. The van der Waals surface area contributed by atoms with Crippen LogP contribution < -0.4 is 5.73 Å². The molecule has 0 saturated heterocycles. The quantitative estimate of drug-likeness (QED) is 0.674. The van der Waals surface area contributed by atoms with Gasteiger partial charge in [0, 0.05) is 6.04 Å². The average molecular weight is 155 g/mol. The van der Waals surface area contributed by atoms with E-state index in [-0.39, 0.29) is 0 Å². The predicted octanol–water partition coefficient (Wildman–Crippen LogP) is 1.81. The molecule has 0 radical (unpaired) electrons. The molecule has 0 spiro atoms. The van der Waals surface area contributed by atoms with Crippen molar-refractivity contribution in [1.82, 2.24) is 0 Å². The first-order chi connectivity index (χ1) is 5.29. The molecule has 0 aromatic rings. The lowest BCUT2D eigenvalue weighted by Crippen LogP contribution is -2.14. The highest BCUT2D eigenvalue weighted by Crippen LogP contribution is 2.17. The highest BCUT2D eigenvalue weighted by molar-refractivity contribution is 5.00. The standard InChI is InChI=1S/C9H17NO/c1-8(10)4-5-9-3-2-6-11-7-9/h7-8H,2-6,10H2,1H3. The van der Waals surface area contributed by atoms with E-state index in [9.17, 15) is 0 Å². The van der Waals surface area contributed by atoms with Crippen molar-refractivity contribution in [2.45, 2.75) is 38.6 Å². The van der Waals surface area contributed by atoms with Crippen LogP contribution >= 0.6 is 0 Å². The van der Waals surface area contributed by atoms with Gasteiger partial charge in [-0.1, -0.05) is 0 Å². The van der Waals surface area contributed by atoms with Crippen molar-refractivity contribution in [2.75, 3.05) is 6.61 Å². The molecule has 2 nitrogen and oxygen atoms in total. The predicted molar refractivity (Wildman–Crippen MR) is 46.2 cm³/mol. The van der Waals surface area contributed by atoms with Crippen LogP contribution in [-0.2, 0) is 4.74 Å². The number of ether oxygens (including phenoxy) is 1. The molecule has 2 heteroatoms. The average Bonchev–Trinajstić information content (AvgIpc) is 2.03. The SMILES string of the molecule is CC(N)CCC1=COCCC1. The van der Waals surface area contributed by atoms with Gasteiger partial charge in [0.15, 0.2) is 0 Å². The van der Waals surface area contributed by atoms with Crippen molar-refractivity contribution in [1.29, 1.82) is 0 Å². The van der Waals surface area contributed by atoms with Crippen molar-refractivity contribution in [3.05, 3.63) is 11.8 Å². The minimum Gasteiger partial charge on any atom is -0.501 e. The van der Waals surface area contributed by atoms with Gasteiger partial charge in [0.1, 0.15) is 0 Å². The summed E-state index contributed by atoms with van der Waals surface area (Å²) >= 11 is 0. The maximum Gasteiger partial charge on any atom is 0.0876 e. The molecule has 1 heterocycles. The normalized spacial score (nSPS) is 20.4. The number of nitrogens with two attached hydrogens (primary N) is 1. The van der Waals surface area contributed by atoms with E-state index in [1.165, 1.54) is 18.4 Å². The third kappa shape index (κ3) is 3.42.